The molecule has 0 saturated carbocycles. The second-order valence-corrected chi connectivity index (χ2v) is 6.45. The Balaban J connectivity index is 1.53. The van der Waals surface area contributed by atoms with Crippen molar-refractivity contribution in [2.45, 2.75) is 13.0 Å². The molecule has 9 heteroatoms. The van der Waals surface area contributed by atoms with E-state index in [1.807, 2.05) is 19.1 Å². The molecule has 1 aliphatic rings. The van der Waals surface area contributed by atoms with Crippen LogP contribution in [0.1, 0.15) is 27.9 Å². The van der Waals surface area contributed by atoms with Crippen LogP contribution in [0.2, 0.25) is 0 Å². The van der Waals surface area contributed by atoms with Gasteiger partial charge in [0.1, 0.15) is 17.1 Å². The molecule has 0 aliphatic carbocycles. The predicted octanol–water partition coefficient (Wildman–Crippen LogP) is 0.727. The lowest BCUT2D eigenvalue weighted by atomic mass is 10.1. The number of furan rings is 1. The Morgan fingerprint density at radius 2 is 2.15 bits per heavy atom. The number of H-pyrrole nitrogens is 1. The van der Waals surface area contributed by atoms with Crippen molar-refractivity contribution in [2.24, 2.45) is 0 Å². The van der Waals surface area contributed by atoms with E-state index in [1.54, 1.807) is 0 Å². The number of carbonyl (C=O) groups excluding carboxylic acids is 1. The van der Waals surface area contributed by atoms with Crippen molar-refractivity contribution >= 4 is 11.6 Å². The molecule has 0 spiro atoms. The SMILES string of the molecule is Cc1ccc(C(CNC(=O)c2c[nH]n3c(=O)ccnc23)N2CCOCC2)o1. The summed E-state index contributed by atoms with van der Waals surface area (Å²) in [5, 5.41) is 5.70. The number of carbonyl (C=O) groups is 1. The van der Waals surface area contributed by atoms with Crippen LogP contribution in [0.4, 0.5) is 0 Å². The van der Waals surface area contributed by atoms with E-state index in [9.17, 15) is 9.59 Å². The zero-order chi connectivity index (χ0) is 18.8. The normalized spacial score (nSPS) is 16.5. The summed E-state index contributed by atoms with van der Waals surface area (Å²) in [5.41, 5.74) is 0.358. The number of ether oxygens (including phenoxy) is 1. The number of aromatic nitrogens is 3. The molecule has 1 fully saturated rings. The third-order valence-electron chi connectivity index (χ3n) is 4.70. The zero-order valence-corrected chi connectivity index (χ0v) is 15.0. The standard InChI is InChI=1S/C18H21N5O4/c1-12-2-3-15(27-12)14(22-6-8-26-9-7-22)11-20-18(25)13-10-21-23-16(24)4-5-19-17(13)23/h2-5,10,14,21H,6-9,11H2,1H3,(H,20,25). The highest BCUT2D eigenvalue weighted by Gasteiger charge is 2.26. The molecule has 0 radical (unpaired) electrons. The Morgan fingerprint density at radius 1 is 1.33 bits per heavy atom. The van der Waals surface area contributed by atoms with E-state index in [4.69, 9.17) is 9.15 Å². The second kappa shape index (κ2) is 7.37. The summed E-state index contributed by atoms with van der Waals surface area (Å²) in [5.74, 6) is 1.34. The van der Waals surface area contributed by atoms with Gasteiger partial charge in [-0.1, -0.05) is 0 Å². The van der Waals surface area contributed by atoms with Gasteiger partial charge in [-0.3, -0.25) is 19.6 Å². The molecule has 1 amide bonds. The van der Waals surface area contributed by atoms with Crippen molar-refractivity contribution in [1.82, 2.24) is 24.8 Å². The minimum Gasteiger partial charge on any atom is -0.465 e. The van der Waals surface area contributed by atoms with Crippen LogP contribution in [0.5, 0.6) is 0 Å². The van der Waals surface area contributed by atoms with Crippen LogP contribution in [0, 0.1) is 6.92 Å². The summed E-state index contributed by atoms with van der Waals surface area (Å²) in [6, 6.07) is 5.10. The number of nitrogens with one attached hydrogen (secondary N) is 2. The molecule has 9 nitrogen and oxygen atoms in total. The quantitative estimate of drug-likeness (QED) is 0.685. The van der Waals surface area contributed by atoms with Crippen molar-refractivity contribution in [2.75, 3.05) is 32.8 Å². The molecule has 4 rings (SSSR count). The molecule has 27 heavy (non-hydrogen) atoms. The van der Waals surface area contributed by atoms with E-state index < -0.39 is 0 Å². The van der Waals surface area contributed by atoms with Crippen molar-refractivity contribution < 1.29 is 13.9 Å². The van der Waals surface area contributed by atoms with Gasteiger partial charge in [0.25, 0.3) is 11.5 Å². The Hall–Kier alpha value is -2.91. The third kappa shape index (κ3) is 3.51. The third-order valence-corrected chi connectivity index (χ3v) is 4.70. The molecule has 0 aromatic carbocycles. The predicted molar refractivity (Wildman–Crippen MR) is 96.7 cm³/mol. The van der Waals surface area contributed by atoms with Crippen LogP contribution in [0.15, 0.2) is 39.8 Å². The maximum atomic E-state index is 12.7. The first kappa shape index (κ1) is 17.5. The Bertz CT molecular complexity index is 999. The highest BCUT2D eigenvalue weighted by Crippen LogP contribution is 2.23. The van der Waals surface area contributed by atoms with Crippen molar-refractivity contribution in [3.63, 3.8) is 0 Å². The van der Waals surface area contributed by atoms with Gasteiger partial charge in [0.2, 0.25) is 0 Å². The lowest BCUT2D eigenvalue weighted by molar-refractivity contribution is 0.0117. The number of hydrogen-bond donors (Lipinski definition) is 2. The van der Waals surface area contributed by atoms with E-state index in [-0.39, 0.29) is 17.5 Å². The first-order valence-corrected chi connectivity index (χ1v) is 8.85. The summed E-state index contributed by atoms with van der Waals surface area (Å²) in [6.07, 6.45) is 2.88. The molecule has 1 atom stereocenters. The van der Waals surface area contributed by atoms with Gasteiger partial charge in [0.15, 0.2) is 5.65 Å². The average Bonchev–Trinajstić information content (AvgIpc) is 3.30. The van der Waals surface area contributed by atoms with Gasteiger partial charge in [-0.15, -0.1) is 0 Å². The number of amides is 1. The van der Waals surface area contributed by atoms with Gasteiger partial charge in [0, 0.05) is 38.1 Å². The Morgan fingerprint density at radius 3 is 2.89 bits per heavy atom. The molecule has 1 unspecified atom stereocenters. The largest absolute Gasteiger partial charge is 0.465 e. The number of aryl methyl sites for hydroxylation is 1. The minimum atomic E-state index is -0.298. The number of fused-ring (bicyclic) bond motifs is 1. The summed E-state index contributed by atoms with van der Waals surface area (Å²) < 4.78 is 12.5. The maximum Gasteiger partial charge on any atom is 0.272 e. The molecule has 3 aromatic rings. The van der Waals surface area contributed by atoms with Gasteiger partial charge in [-0.05, 0) is 19.1 Å². The molecule has 3 aromatic heterocycles. The first-order valence-electron chi connectivity index (χ1n) is 8.85. The van der Waals surface area contributed by atoms with Gasteiger partial charge in [-0.2, -0.15) is 0 Å². The van der Waals surface area contributed by atoms with Gasteiger partial charge >= 0.3 is 0 Å². The topological polar surface area (TPSA) is 105 Å². The molecule has 142 valence electrons. The fraction of sp³-hybridized carbons (Fsp3) is 0.389. The van der Waals surface area contributed by atoms with Crippen LogP contribution >= 0.6 is 0 Å². The number of nitrogens with zero attached hydrogens (tertiary/aromatic N) is 3. The maximum absolute atomic E-state index is 12.7. The molecule has 1 aliphatic heterocycles. The van der Waals surface area contributed by atoms with Crippen LogP contribution in [0.3, 0.4) is 0 Å². The smallest absolute Gasteiger partial charge is 0.272 e. The van der Waals surface area contributed by atoms with E-state index >= 15 is 0 Å². The summed E-state index contributed by atoms with van der Waals surface area (Å²) in [4.78, 5) is 30.9. The zero-order valence-electron chi connectivity index (χ0n) is 15.0. The van der Waals surface area contributed by atoms with Crippen LogP contribution in [0.25, 0.3) is 5.65 Å². The van der Waals surface area contributed by atoms with Crippen LogP contribution in [-0.2, 0) is 4.74 Å². The van der Waals surface area contributed by atoms with Crippen molar-refractivity contribution in [3.8, 4) is 0 Å². The molecule has 1 saturated heterocycles. The Kier molecular flexibility index (Phi) is 4.78. The first-order chi connectivity index (χ1) is 13.1. The lowest BCUT2D eigenvalue weighted by Crippen LogP contribution is -2.43. The fourth-order valence-corrected chi connectivity index (χ4v) is 3.30. The monoisotopic (exact) mass is 371 g/mol. The Labute approximate surface area is 154 Å². The average molecular weight is 371 g/mol. The second-order valence-electron chi connectivity index (χ2n) is 6.45. The summed E-state index contributed by atoms with van der Waals surface area (Å²) >= 11 is 0. The van der Waals surface area contributed by atoms with Gasteiger partial charge in [-0.25, -0.2) is 9.50 Å². The lowest BCUT2D eigenvalue weighted by Gasteiger charge is -2.33. The van der Waals surface area contributed by atoms with Crippen molar-refractivity contribution in [1.29, 1.82) is 0 Å². The van der Waals surface area contributed by atoms with Gasteiger partial charge < -0.3 is 14.5 Å². The van der Waals surface area contributed by atoms with Gasteiger partial charge in [0.05, 0.1) is 19.3 Å². The highest BCUT2D eigenvalue weighted by molar-refractivity contribution is 5.99. The fourth-order valence-electron chi connectivity index (χ4n) is 3.30. The van der Waals surface area contributed by atoms with E-state index in [1.165, 1.54) is 23.0 Å². The van der Waals surface area contributed by atoms with E-state index in [2.05, 4.69) is 20.3 Å². The molecular formula is C18H21N5O4. The molecule has 4 heterocycles. The van der Waals surface area contributed by atoms with Crippen molar-refractivity contribution in [3.05, 3.63) is 58.0 Å². The minimum absolute atomic E-state index is 0.0903. The highest BCUT2D eigenvalue weighted by atomic mass is 16.5. The summed E-state index contributed by atoms with van der Waals surface area (Å²) in [7, 11) is 0. The van der Waals surface area contributed by atoms with E-state index in [0.29, 0.717) is 31.0 Å². The number of hydrogen-bond acceptors (Lipinski definition) is 6. The number of rotatable bonds is 5. The van der Waals surface area contributed by atoms with E-state index in [0.717, 1.165) is 24.6 Å². The van der Waals surface area contributed by atoms with Crippen LogP contribution in [-0.4, -0.2) is 58.3 Å². The molecule has 0 bridgehead atoms. The number of morpholine rings is 1. The van der Waals surface area contributed by atoms with Crippen LogP contribution < -0.4 is 10.9 Å². The number of aromatic amines is 1. The molecule has 2 N–H and O–H groups in total. The summed E-state index contributed by atoms with van der Waals surface area (Å²) in [6.45, 7) is 5.11. The molecular weight excluding hydrogens is 350 g/mol.